The molecule has 0 aliphatic heterocycles. The van der Waals surface area contributed by atoms with Gasteiger partial charge in [0.05, 0.1) is 12.1 Å². The van der Waals surface area contributed by atoms with Gasteiger partial charge in [-0.1, -0.05) is 24.3 Å². The highest BCUT2D eigenvalue weighted by molar-refractivity contribution is 5.92. The fourth-order valence-electron chi connectivity index (χ4n) is 4.81. The van der Waals surface area contributed by atoms with Crippen LogP contribution in [0.4, 0.5) is 5.69 Å². The standard InChI is InChI=1S/C24H30N4O2.ClH/c25-22(24(30)28-21-7-3-5-16-4-1-2-6-20(16)21)17-8-10-18(11-9-17)23(29)27-19-12-14-26-15-13-19;/h1-2,4,6,12-15,17-18,21-22H,3,5,7-11,25H2,(H,28,30)(H,26,27,29);1H. The number of aryl methyl sites for hydroxylation is 1. The summed E-state index contributed by atoms with van der Waals surface area (Å²) < 4.78 is 0. The van der Waals surface area contributed by atoms with Gasteiger partial charge in [-0.15, -0.1) is 12.4 Å². The Hall–Kier alpha value is -2.44. The van der Waals surface area contributed by atoms with E-state index in [-0.39, 0.29) is 42.1 Å². The second kappa shape index (κ2) is 10.7. The molecular weight excluding hydrogens is 412 g/mol. The first-order valence-electron chi connectivity index (χ1n) is 11.0. The third kappa shape index (κ3) is 5.63. The number of nitrogens with one attached hydrogen (secondary N) is 2. The molecule has 1 heterocycles. The SMILES string of the molecule is Cl.NC(C(=O)NC1CCCc2ccccc21)C1CCC(C(=O)Nc2ccncc2)CC1. The zero-order valence-electron chi connectivity index (χ0n) is 17.6. The topological polar surface area (TPSA) is 97.1 Å². The molecule has 1 aromatic carbocycles. The molecule has 31 heavy (non-hydrogen) atoms. The van der Waals surface area contributed by atoms with Crippen LogP contribution in [0.5, 0.6) is 0 Å². The van der Waals surface area contributed by atoms with Crippen LogP contribution >= 0.6 is 12.4 Å². The minimum absolute atomic E-state index is 0. The largest absolute Gasteiger partial charge is 0.348 e. The molecule has 166 valence electrons. The molecule has 2 atom stereocenters. The molecule has 2 aliphatic rings. The number of hydrogen-bond donors (Lipinski definition) is 3. The van der Waals surface area contributed by atoms with E-state index in [2.05, 4.69) is 33.8 Å². The number of nitrogens with zero attached hydrogens (tertiary/aromatic N) is 1. The molecule has 4 rings (SSSR count). The van der Waals surface area contributed by atoms with Crippen molar-refractivity contribution in [3.05, 3.63) is 59.9 Å². The van der Waals surface area contributed by atoms with Gasteiger partial charge in [0.1, 0.15) is 0 Å². The van der Waals surface area contributed by atoms with Crippen molar-refractivity contribution >= 4 is 29.9 Å². The maximum absolute atomic E-state index is 12.9. The Morgan fingerprint density at radius 1 is 1.00 bits per heavy atom. The van der Waals surface area contributed by atoms with Crippen LogP contribution in [0.2, 0.25) is 0 Å². The molecule has 2 amide bonds. The highest BCUT2D eigenvalue weighted by atomic mass is 35.5. The van der Waals surface area contributed by atoms with Crippen molar-refractivity contribution in [1.29, 1.82) is 0 Å². The Bertz CT molecular complexity index is 884. The molecule has 2 aromatic rings. The van der Waals surface area contributed by atoms with Crippen molar-refractivity contribution in [3.63, 3.8) is 0 Å². The number of benzene rings is 1. The number of rotatable bonds is 5. The highest BCUT2D eigenvalue weighted by Crippen LogP contribution is 2.33. The van der Waals surface area contributed by atoms with Gasteiger partial charge in [0.15, 0.2) is 0 Å². The predicted octanol–water partition coefficient (Wildman–Crippen LogP) is 3.77. The van der Waals surface area contributed by atoms with E-state index in [4.69, 9.17) is 5.73 Å². The van der Waals surface area contributed by atoms with Gasteiger partial charge in [0, 0.05) is 24.0 Å². The summed E-state index contributed by atoms with van der Waals surface area (Å²) in [5.74, 6) is 0.0570. The average molecular weight is 443 g/mol. The van der Waals surface area contributed by atoms with Crippen LogP contribution in [-0.4, -0.2) is 22.8 Å². The number of halogens is 1. The lowest BCUT2D eigenvalue weighted by atomic mass is 9.78. The number of aromatic nitrogens is 1. The molecule has 0 spiro atoms. The first-order valence-corrected chi connectivity index (χ1v) is 11.0. The molecule has 7 heteroatoms. The average Bonchev–Trinajstić information content (AvgIpc) is 2.79. The number of carbonyl (C=O) groups excluding carboxylic acids is 2. The minimum atomic E-state index is -0.525. The molecule has 6 nitrogen and oxygen atoms in total. The molecular formula is C24H31ClN4O2. The van der Waals surface area contributed by atoms with Crippen molar-refractivity contribution in [1.82, 2.24) is 10.3 Å². The Balaban J connectivity index is 0.00000272. The summed E-state index contributed by atoms with van der Waals surface area (Å²) >= 11 is 0. The van der Waals surface area contributed by atoms with Gasteiger partial charge in [0.2, 0.25) is 11.8 Å². The molecule has 1 aromatic heterocycles. The third-order valence-corrected chi connectivity index (χ3v) is 6.59. The number of pyridine rings is 1. The van der Waals surface area contributed by atoms with E-state index in [0.717, 1.165) is 50.6 Å². The number of hydrogen-bond acceptors (Lipinski definition) is 4. The van der Waals surface area contributed by atoms with Gasteiger partial charge >= 0.3 is 0 Å². The number of anilines is 1. The van der Waals surface area contributed by atoms with Gasteiger partial charge in [-0.2, -0.15) is 0 Å². The fourth-order valence-corrected chi connectivity index (χ4v) is 4.81. The number of carbonyl (C=O) groups is 2. The van der Waals surface area contributed by atoms with Crippen molar-refractivity contribution in [3.8, 4) is 0 Å². The summed E-state index contributed by atoms with van der Waals surface area (Å²) in [7, 11) is 0. The lowest BCUT2D eigenvalue weighted by molar-refractivity contribution is -0.125. The zero-order chi connectivity index (χ0) is 20.9. The van der Waals surface area contributed by atoms with Crippen molar-refractivity contribution in [2.24, 2.45) is 17.6 Å². The third-order valence-electron chi connectivity index (χ3n) is 6.59. The first kappa shape index (κ1) is 23.2. The Morgan fingerprint density at radius 3 is 2.45 bits per heavy atom. The zero-order valence-corrected chi connectivity index (χ0v) is 18.4. The monoisotopic (exact) mass is 442 g/mol. The van der Waals surface area contributed by atoms with E-state index in [1.54, 1.807) is 24.5 Å². The van der Waals surface area contributed by atoms with E-state index in [1.807, 2.05) is 6.07 Å². The summed E-state index contributed by atoms with van der Waals surface area (Å²) in [5.41, 5.74) is 9.66. The summed E-state index contributed by atoms with van der Waals surface area (Å²) in [4.78, 5) is 29.3. The van der Waals surface area contributed by atoms with Crippen LogP contribution in [0.1, 0.15) is 55.7 Å². The van der Waals surface area contributed by atoms with Crippen LogP contribution in [0.25, 0.3) is 0 Å². The van der Waals surface area contributed by atoms with Crippen molar-refractivity contribution in [2.75, 3.05) is 5.32 Å². The van der Waals surface area contributed by atoms with Gasteiger partial charge < -0.3 is 16.4 Å². The molecule has 0 saturated heterocycles. The summed E-state index contributed by atoms with van der Waals surface area (Å²) in [6, 6.07) is 11.4. The Labute approximate surface area is 189 Å². The van der Waals surface area contributed by atoms with Crippen LogP contribution < -0.4 is 16.4 Å². The maximum Gasteiger partial charge on any atom is 0.237 e. The number of nitrogens with two attached hydrogens (primary N) is 1. The van der Waals surface area contributed by atoms with Crippen molar-refractivity contribution < 1.29 is 9.59 Å². The quantitative estimate of drug-likeness (QED) is 0.656. The van der Waals surface area contributed by atoms with Gasteiger partial charge in [-0.05, 0) is 74.1 Å². The molecule has 0 radical (unpaired) electrons. The maximum atomic E-state index is 12.9. The smallest absolute Gasteiger partial charge is 0.237 e. The van der Waals surface area contributed by atoms with Gasteiger partial charge in [-0.25, -0.2) is 0 Å². The van der Waals surface area contributed by atoms with Gasteiger partial charge in [-0.3, -0.25) is 14.6 Å². The second-order valence-electron chi connectivity index (χ2n) is 8.51. The lowest BCUT2D eigenvalue weighted by Gasteiger charge is -2.33. The molecule has 2 aliphatic carbocycles. The normalized spacial score (nSPS) is 23.6. The van der Waals surface area contributed by atoms with Crippen LogP contribution in [0, 0.1) is 11.8 Å². The summed E-state index contributed by atoms with van der Waals surface area (Å²) in [6.07, 6.45) is 9.54. The highest BCUT2D eigenvalue weighted by Gasteiger charge is 2.33. The molecule has 0 bridgehead atoms. The lowest BCUT2D eigenvalue weighted by Crippen LogP contribution is -2.48. The second-order valence-corrected chi connectivity index (χ2v) is 8.51. The van der Waals surface area contributed by atoms with E-state index in [1.165, 1.54) is 11.1 Å². The fraction of sp³-hybridized carbons (Fsp3) is 0.458. The molecule has 1 fully saturated rings. The number of amides is 2. The molecule has 1 saturated carbocycles. The van der Waals surface area contributed by atoms with Crippen LogP contribution in [0.15, 0.2) is 48.8 Å². The molecule has 2 unspecified atom stereocenters. The van der Waals surface area contributed by atoms with E-state index in [9.17, 15) is 9.59 Å². The van der Waals surface area contributed by atoms with Crippen molar-refractivity contribution in [2.45, 2.75) is 57.0 Å². The van der Waals surface area contributed by atoms with E-state index >= 15 is 0 Å². The van der Waals surface area contributed by atoms with E-state index < -0.39 is 6.04 Å². The Morgan fingerprint density at radius 2 is 1.71 bits per heavy atom. The Kier molecular flexibility index (Phi) is 8.04. The number of fused-ring (bicyclic) bond motifs is 1. The molecule has 4 N–H and O–H groups in total. The van der Waals surface area contributed by atoms with E-state index in [0.29, 0.717) is 0 Å². The summed E-state index contributed by atoms with van der Waals surface area (Å²) in [5, 5.41) is 6.14. The minimum Gasteiger partial charge on any atom is -0.348 e. The van der Waals surface area contributed by atoms with Crippen LogP contribution in [0.3, 0.4) is 0 Å². The predicted molar refractivity (Wildman–Crippen MR) is 124 cm³/mol. The van der Waals surface area contributed by atoms with Gasteiger partial charge in [0.25, 0.3) is 0 Å². The first-order chi connectivity index (χ1) is 14.6. The van der Waals surface area contributed by atoms with Crippen LogP contribution in [-0.2, 0) is 16.0 Å². The summed E-state index contributed by atoms with van der Waals surface area (Å²) in [6.45, 7) is 0.